The van der Waals surface area contributed by atoms with Crippen molar-refractivity contribution in [3.63, 3.8) is 0 Å². The minimum atomic E-state index is 0.575. The van der Waals surface area contributed by atoms with Crippen molar-refractivity contribution in [2.45, 2.75) is 26.1 Å². The smallest absolute Gasteiger partial charge is 0.120 e. The van der Waals surface area contributed by atoms with Crippen LogP contribution in [0.5, 0.6) is 5.75 Å². The fourth-order valence-corrected chi connectivity index (χ4v) is 2.89. The molecule has 2 aromatic carbocycles. The maximum absolute atomic E-state index is 5.91. The molecule has 1 aliphatic heterocycles. The Labute approximate surface area is 132 Å². The molecule has 22 heavy (non-hydrogen) atoms. The Kier molecular flexibility index (Phi) is 5.09. The number of hydrogen-bond donors (Lipinski definition) is 1. The van der Waals surface area contributed by atoms with Crippen LogP contribution in [0.15, 0.2) is 54.6 Å². The summed E-state index contributed by atoms with van der Waals surface area (Å²) in [7, 11) is 0. The fraction of sp³-hybridized carbons (Fsp3) is 0.368. The van der Waals surface area contributed by atoms with Crippen molar-refractivity contribution >= 4 is 0 Å². The van der Waals surface area contributed by atoms with Gasteiger partial charge in [-0.05, 0) is 30.2 Å². The van der Waals surface area contributed by atoms with Crippen molar-refractivity contribution in [2.24, 2.45) is 0 Å². The zero-order valence-electron chi connectivity index (χ0n) is 13.2. The van der Waals surface area contributed by atoms with Gasteiger partial charge in [0, 0.05) is 32.2 Å². The van der Waals surface area contributed by atoms with Gasteiger partial charge in [-0.15, -0.1) is 0 Å². The van der Waals surface area contributed by atoms with Gasteiger partial charge in [-0.1, -0.05) is 42.5 Å². The van der Waals surface area contributed by atoms with Gasteiger partial charge in [-0.3, -0.25) is 4.90 Å². The van der Waals surface area contributed by atoms with Crippen LogP contribution in [0, 0.1) is 0 Å². The summed E-state index contributed by atoms with van der Waals surface area (Å²) in [5.74, 6) is 0.949. The summed E-state index contributed by atoms with van der Waals surface area (Å²) in [5.41, 5.74) is 2.52. The lowest BCUT2D eigenvalue weighted by Crippen LogP contribution is -2.48. The number of benzene rings is 2. The molecule has 1 aliphatic rings. The SMILES string of the molecule is C[C@@H]1CN(Cc2cccc(OCc3ccccc3)c2)CCN1. The largest absolute Gasteiger partial charge is 0.489 e. The van der Waals surface area contributed by atoms with Crippen molar-refractivity contribution in [1.82, 2.24) is 10.2 Å². The number of piperazine rings is 1. The Balaban J connectivity index is 1.57. The Morgan fingerprint density at radius 1 is 1.09 bits per heavy atom. The van der Waals surface area contributed by atoms with Gasteiger partial charge in [0.15, 0.2) is 0 Å². The zero-order valence-corrected chi connectivity index (χ0v) is 13.2. The van der Waals surface area contributed by atoms with E-state index in [4.69, 9.17) is 4.74 Å². The maximum atomic E-state index is 5.91. The van der Waals surface area contributed by atoms with Crippen LogP contribution < -0.4 is 10.1 Å². The van der Waals surface area contributed by atoms with Crippen LogP contribution >= 0.6 is 0 Å². The first-order valence-electron chi connectivity index (χ1n) is 8.01. The Morgan fingerprint density at radius 2 is 1.91 bits per heavy atom. The molecule has 0 radical (unpaired) electrons. The van der Waals surface area contributed by atoms with Gasteiger partial charge < -0.3 is 10.1 Å². The second-order valence-corrected chi connectivity index (χ2v) is 6.01. The van der Waals surface area contributed by atoms with Crippen LogP contribution in [-0.4, -0.2) is 30.6 Å². The molecular weight excluding hydrogens is 272 g/mol. The second-order valence-electron chi connectivity index (χ2n) is 6.01. The van der Waals surface area contributed by atoms with E-state index in [-0.39, 0.29) is 0 Å². The Bertz CT molecular complexity index is 585. The Morgan fingerprint density at radius 3 is 2.73 bits per heavy atom. The molecule has 0 spiro atoms. The summed E-state index contributed by atoms with van der Waals surface area (Å²) in [6.45, 7) is 7.15. The Hall–Kier alpha value is -1.84. The van der Waals surface area contributed by atoms with Gasteiger partial charge >= 0.3 is 0 Å². The molecule has 0 saturated carbocycles. The zero-order chi connectivity index (χ0) is 15.2. The van der Waals surface area contributed by atoms with Crippen LogP contribution in [0.25, 0.3) is 0 Å². The fourth-order valence-electron chi connectivity index (χ4n) is 2.89. The van der Waals surface area contributed by atoms with E-state index in [9.17, 15) is 0 Å². The lowest BCUT2D eigenvalue weighted by Gasteiger charge is -2.31. The minimum Gasteiger partial charge on any atom is -0.489 e. The molecule has 116 valence electrons. The van der Waals surface area contributed by atoms with Crippen LogP contribution in [0.4, 0.5) is 0 Å². The van der Waals surface area contributed by atoms with Gasteiger partial charge in [-0.2, -0.15) is 0 Å². The van der Waals surface area contributed by atoms with E-state index >= 15 is 0 Å². The molecule has 0 bridgehead atoms. The summed E-state index contributed by atoms with van der Waals surface area (Å²) in [6, 6.07) is 19.3. The third kappa shape index (κ3) is 4.33. The third-order valence-corrected chi connectivity index (χ3v) is 4.01. The number of rotatable bonds is 5. The molecule has 3 nitrogen and oxygen atoms in total. The second kappa shape index (κ2) is 7.43. The maximum Gasteiger partial charge on any atom is 0.120 e. The van der Waals surface area contributed by atoms with Crippen LogP contribution in [0.1, 0.15) is 18.1 Å². The van der Waals surface area contributed by atoms with E-state index in [2.05, 4.69) is 47.5 Å². The predicted molar refractivity (Wildman–Crippen MR) is 90.0 cm³/mol. The normalized spacial score (nSPS) is 19.0. The molecule has 1 fully saturated rings. The van der Waals surface area contributed by atoms with Gasteiger partial charge in [0.25, 0.3) is 0 Å². The molecule has 0 aliphatic carbocycles. The molecule has 3 heteroatoms. The molecule has 3 rings (SSSR count). The molecule has 1 N–H and O–H groups in total. The number of nitrogens with one attached hydrogen (secondary N) is 1. The van der Waals surface area contributed by atoms with Gasteiger partial charge in [0.1, 0.15) is 12.4 Å². The predicted octanol–water partition coefficient (Wildman–Crippen LogP) is 3.06. The molecule has 1 saturated heterocycles. The average Bonchev–Trinajstić information content (AvgIpc) is 2.54. The van der Waals surface area contributed by atoms with E-state index < -0.39 is 0 Å². The topological polar surface area (TPSA) is 24.5 Å². The van der Waals surface area contributed by atoms with Crippen molar-refractivity contribution in [2.75, 3.05) is 19.6 Å². The summed E-state index contributed by atoms with van der Waals surface area (Å²) >= 11 is 0. The summed E-state index contributed by atoms with van der Waals surface area (Å²) in [4.78, 5) is 2.50. The van der Waals surface area contributed by atoms with Crippen LogP contribution in [0.3, 0.4) is 0 Å². The van der Waals surface area contributed by atoms with Crippen molar-refractivity contribution in [3.05, 3.63) is 65.7 Å². The third-order valence-electron chi connectivity index (χ3n) is 4.01. The lowest BCUT2D eigenvalue weighted by molar-refractivity contribution is 0.199. The van der Waals surface area contributed by atoms with E-state index in [0.29, 0.717) is 12.6 Å². The summed E-state index contributed by atoms with van der Waals surface area (Å²) in [5, 5.41) is 3.48. The molecule has 0 unspecified atom stereocenters. The van der Waals surface area contributed by atoms with Crippen molar-refractivity contribution < 1.29 is 4.74 Å². The summed E-state index contributed by atoms with van der Waals surface area (Å²) < 4.78 is 5.91. The highest BCUT2D eigenvalue weighted by Crippen LogP contribution is 2.17. The van der Waals surface area contributed by atoms with Crippen LogP contribution in [0.2, 0.25) is 0 Å². The number of hydrogen-bond acceptors (Lipinski definition) is 3. The van der Waals surface area contributed by atoms with E-state index in [1.165, 1.54) is 11.1 Å². The standard InChI is InChI=1S/C19H24N2O/c1-16-13-21(11-10-20-16)14-18-8-5-9-19(12-18)22-15-17-6-3-2-4-7-17/h2-9,12,16,20H,10-11,13-15H2,1H3/t16-/m1/s1. The number of ether oxygens (including phenoxy) is 1. The molecule has 2 aromatic rings. The molecule has 1 atom stereocenters. The quantitative estimate of drug-likeness (QED) is 0.918. The first-order chi connectivity index (χ1) is 10.8. The average molecular weight is 296 g/mol. The highest BCUT2D eigenvalue weighted by Gasteiger charge is 2.15. The van der Waals surface area contributed by atoms with Gasteiger partial charge in [-0.25, -0.2) is 0 Å². The van der Waals surface area contributed by atoms with Crippen molar-refractivity contribution in [3.8, 4) is 5.75 Å². The minimum absolute atomic E-state index is 0.575. The lowest BCUT2D eigenvalue weighted by atomic mass is 10.1. The molecule has 1 heterocycles. The van der Waals surface area contributed by atoms with E-state index in [1.54, 1.807) is 0 Å². The van der Waals surface area contributed by atoms with E-state index in [0.717, 1.165) is 31.9 Å². The highest BCUT2D eigenvalue weighted by molar-refractivity contribution is 5.29. The monoisotopic (exact) mass is 296 g/mol. The van der Waals surface area contributed by atoms with E-state index in [1.807, 2.05) is 24.3 Å². The van der Waals surface area contributed by atoms with Crippen LogP contribution in [-0.2, 0) is 13.2 Å². The highest BCUT2D eigenvalue weighted by atomic mass is 16.5. The first kappa shape index (κ1) is 15.1. The molecular formula is C19H24N2O. The molecule has 0 amide bonds. The molecule has 0 aromatic heterocycles. The van der Waals surface area contributed by atoms with Gasteiger partial charge in [0.2, 0.25) is 0 Å². The summed E-state index contributed by atoms with van der Waals surface area (Å²) in [6.07, 6.45) is 0. The van der Waals surface area contributed by atoms with Crippen molar-refractivity contribution in [1.29, 1.82) is 0 Å². The van der Waals surface area contributed by atoms with Gasteiger partial charge in [0.05, 0.1) is 0 Å². The number of nitrogens with zero attached hydrogens (tertiary/aromatic N) is 1. The first-order valence-corrected chi connectivity index (χ1v) is 8.01.